The predicted octanol–water partition coefficient (Wildman–Crippen LogP) is 0.405. The number of carbonyl (C=O) groups is 2. The molecule has 3 N–H and O–H groups in total. The second-order valence-electron chi connectivity index (χ2n) is 5.75. The lowest BCUT2D eigenvalue weighted by Gasteiger charge is -2.30. The zero-order chi connectivity index (χ0) is 13.8. The first-order valence-corrected chi connectivity index (χ1v) is 6.65. The standard InChI is InChI=1S/C13H25N3O2/c1-9(2)13(3,4)15-8-7-14-12(18)10-5-6-11(17)16-10/h9-10,15H,5-8H2,1-4H3,(H,14,18)(H,16,17). The summed E-state index contributed by atoms with van der Waals surface area (Å²) < 4.78 is 0. The molecule has 104 valence electrons. The fourth-order valence-corrected chi connectivity index (χ4v) is 1.71. The van der Waals surface area contributed by atoms with Crippen LogP contribution in [0.2, 0.25) is 0 Å². The molecule has 1 unspecified atom stereocenters. The molecule has 1 rings (SSSR count). The molecule has 1 heterocycles. The van der Waals surface area contributed by atoms with Gasteiger partial charge in [0.15, 0.2) is 0 Å². The first-order valence-electron chi connectivity index (χ1n) is 6.65. The Hall–Kier alpha value is -1.10. The van der Waals surface area contributed by atoms with E-state index in [4.69, 9.17) is 0 Å². The third-order valence-electron chi connectivity index (χ3n) is 3.76. The topological polar surface area (TPSA) is 70.2 Å². The van der Waals surface area contributed by atoms with Gasteiger partial charge in [0.1, 0.15) is 6.04 Å². The number of nitrogens with one attached hydrogen (secondary N) is 3. The van der Waals surface area contributed by atoms with Crippen LogP contribution in [0.15, 0.2) is 0 Å². The molecule has 0 bridgehead atoms. The number of amides is 2. The number of carbonyl (C=O) groups excluding carboxylic acids is 2. The molecule has 0 aliphatic carbocycles. The monoisotopic (exact) mass is 255 g/mol. The van der Waals surface area contributed by atoms with Crippen molar-refractivity contribution in [2.24, 2.45) is 5.92 Å². The lowest BCUT2D eigenvalue weighted by molar-refractivity contribution is -0.125. The highest BCUT2D eigenvalue weighted by atomic mass is 16.2. The van der Waals surface area contributed by atoms with Crippen molar-refractivity contribution < 1.29 is 9.59 Å². The summed E-state index contributed by atoms with van der Waals surface area (Å²) in [5.41, 5.74) is 0.0618. The van der Waals surface area contributed by atoms with Gasteiger partial charge in [-0.1, -0.05) is 13.8 Å². The van der Waals surface area contributed by atoms with E-state index in [0.29, 0.717) is 25.3 Å². The summed E-state index contributed by atoms with van der Waals surface area (Å²) in [6, 6.07) is -0.337. The highest BCUT2D eigenvalue weighted by Crippen LogP contribution is 2.14. The summed E-state index contributed by atoms with van der Waals surface area (Å²) in [6.07, 6.45) is 1.06. The Bertz CT molecular complexity index is 313. The first kappa shape index (κ1) is 15.0. The Balaban J connectivity index is 2.18. The van der Waals surface area contributed by atoms with Gasteiger partial charge < -0.3 is 16.0 Å². The van der Waals surface area contributed by atoms with Crippen molar-refractivity contribution in [2.45, 2.75) is 52.1 Å². The van der Waals surface area contributed by atoms with Gasteiger partial charge in [0.25, 0.3) is 0 Å². The van der Waals surface area contributed by atoms with Gasteiger partial charge in [-0.05, 0) is 26.2 Å². The predicted molar refractivity (Wildman–Crippen MR) is 71.1 cm³/mol. The van der Waals surface area contributed by atoms with Gasteiger partial charge in [0.05, 0.1) is 0 Å². The molecule has 0 aromatic rings. The fraction of sp³-hybridized carbons (Fsp3) is 0.846. The van der Waals surface area contributed by atoms with Gasteiger partial charge in [-0.15, -0.1) is 0 Å². The normalized spacial score (nSPS) is 20.1. The SMILES string of the molecule is CC(C)C(C)(C)NCCNC(=O)C1CCC(=O)N1. The maximum atomic E-state index is 11.7. The molecule has 1 aliphatic rings. The number of hydrogen-bond acceptors (Lipinski definition) is 3. The molecule has 1 aliphatic heterocycles. The fourth-order valence-electron chi connectivity index (χ4n) is 1.71. The van der Waals surface area contributed by atoms with Crippen LogP contribution in [0.4, 0.5) is 0 Å². The smallest absolute Gasteiger partial charge is 0.242 e. The van der Waals surface area contributed by atoms with Crippen LogP contribution < -0.4 is 16.0 Å². The lowest BCUT2D eigenvalue weighted by atomic mass is 9.91. The molecule has 0 aromatic heterocycles. The van der Waals surface area contributed by atoms with Crippen LogP contribution in [0.25, 0.3) is 0 Å². The van der Waals surface area contributed by atoms with Crippen LogP contribution in [-0.4, -0.2) is 36.5 Å². The summed E-state index contributed by atoms with van der Waals surface area (Å²) in [5.74, 6) is 0.418. The third-order valence-corrected chi connectivity index (χ3v) is 3.76. The van der Waals surface area contributed by atoms with Gasteiger partial charge in [0, 0.05) is 25.0 Å². The Morgan fingerprint density at radius 3 is 2.61 bits per heavy atom. The van der Waals surface area contributed by atoms with Crippen LogP contribution in [0.1, 0.15) is 40.5 Å². The van der Waals surface area contributed by atoms with E-state index in [9.17, 15) is 9.59 Å². The molecule has 5 heteroatoms. The van der Waals surface area contributed by atoms with E-state index < -0.39 is 0 Å². The van der Waals surface area contributed by atoms with Crippen LogP contribution >= 0.6 is 0 Å². The van der Waals surface area contributed by atoms with Gasteiger partial charge in [-0.2, -0.15) is 0 Å². The van der Waals surface area contributed by atoms with Crippen molar-refractivity contribution in [1.29, 1.82) is 0 Å². The zero-order valence-corrected chi connectivity index (χ0v) is 11.8. The average Bonchev–Trinajstić information content (AvgIpc) is 2.71. The molecular weight excluding hydrogens is 230 g/mol. The number of rotatable bonds is 6. The Morgan fingerprint density at radius 1 is 1.44 bits per heavy atom. The Kier molecular flexibility index (Phi) is 5.14. The minimum Gasteiger partial charge on any atom is -0.353 e. The van der Waals surface area contributed by atoms with E-state index in [1.165, 1.54) is 0 Å². The molecule has 1 saturated heterocycles. The molecule has 1 fully saturated rings. The van der Waals surface area contributed by atoms with E-state index >= 15 is 0 Å². The summed E-state index contributed by atoms with van der Waals surface area (Å²) in [6.45, 7) is 9.95. The van der Waals surface area contributed by atoms with E-state index in [1.807, 2.05) is 0 Å². The van der Waals surface area contributed by atoms with Gasteiger partial charge in [0.2, 0.25) is 11.8 Å². The summed E-state index contributed by atoms with van der Waals surface area (Å²) in [7, 11) is 0. The number of hydrogen-bond donors (Lipinski definition) is 3. The minimum absolute atomic E-state index is 0.0331. The molecule has 0 radical (unpaired) electrons. The largest absolute Gasteiger partial charge is 0.353 e. The molecule has 18 heavy (non-hydrogen) atoms. The zero-order valence-electron chi connectivity index (χ0n) is 11.8. The summed E-state index contributed by atoms with van der Waals surface area (Å²) in [4.78, 5) is 22.7. The molecule has 0 spiro atoms. The van der Waals surface area contributed by atoms with E-state index in [2.05, 4.69) is 43.6 Å². The lowest BCUT2D eigenvalue weighted by Crippen LogP contribution is -2.49. The summed E-state index contributed by atoms with van der Waals surface area (Å²) >= 11 is 0. The minimum atomic E-state index is -0.337. The van der Waals surface area contributed by atoms with E-state index in [1.54, 1.807) is 0 Å². The maximum Gasteiger partial charge on any atom is 0.242 e. The molecule has 0 aromatic carbocycles. The van der Waals surface area contributed by atoms with E-state index in [0.717, 1.165) is 6.54 Å². The molecular formula is C13H25N3O2. The first-order chi connectivity index (χ1) is 8.33. The van der Waals surface area contributed by atoms with Crippen LogP contribution in [-0.2, 0) is 9.59 Å². The van der Waals surface area contributed by atoms with Gasteiger partial charge in [-0.25, -0.2) is 0 Å². The van der Waals surface area contributed by atoms with Crippen molar-refractivity contribution >= 4 is 11.8 Å². The Labute approximate surface area is 109 Å². The van der Waals surface area contributed by atoms with Crippen LogP contribution in [0.3, 0.4) is 0 Å². The second-order valence-corrected chi connectivity index (χ2v) is 5.75. The highest BCUT2D eigenvalue weighted by molar-refractivity contribution is 5.90. The van der Waals surface area contributed by atoms with Crippen LogP contribution in [0.5, 0.6) is 0 Å². The van der Waals surface area contributed by atoms with Gasteiger partial charge >= 0.3 is 0 Å². The quantitative estimate of drug-likeness (QED) is 0.602. The molecule has 5 nitrogen and oxygen atoms in total. The third kappa shape index (κ3) is 4.29. The van der Waals surface area contributed by atoms with Crippen molar-refractivity contribution in [1.82, 2.24) is 16.0 Å². The molecule has 0 saturated carbocycles. The van der Waals surface area contributed by atoms with Gasteiger partial charge in [-0.3, -0.25) is 9.59 Å². The van der Waals surface area contributed by atoms with E-state index in [-0.39, 0.29) is 23.4 Å². The average molecular weight is 255 g/mol. The molecule has 2 amide bonds. The Morgan fingerprint density at radius 2 is 2.11 bits per heavy atom. The highest BCUT2D eigenvalue weighted by Gasteiger charge is 2.27. The molecule has 1 atom stereocenters. The second kappa shape index (κ2) is 6.18. The summed E-state index contributed by atoms with van der Waals surface area (Å²) in [5, 5.41) is 8.91. The van der Waals surface area contributed by atoms with Crippen LogP contribution in [0, 0.1) is 5.92 Å². The maximum absolute atomic E-state index is 11.7. The van der Waals surface area contributed by atoms with Crippen molar-refractivity contribution in [2.75, 3.05) is 13.1 Å². The van der Waals surface area contributed by atoms with Crippen molar-refractivity contribution in [3.05, 3.63) is 0 Å². The van der Waals surface area contributed by atoms with Crippen molar-refractivity contribution in [3.8, 4) is 0 Å². The van der Waals surface area contributed by atoms with Crippen molar-refractivity contribution in [3.63, 3.8) is 0 Å².